The van der Waals surface area contributed by atoms with Gasteiger partial charge in [0.05, 0.1) is 9.20 Å². The molecule has 4 nitrogen and oxygen atoms in total. The fourth-order valence-electron chi connectivity index (χ4n) is 2.75. The minimum atomic E-state index is -0.468. The highest BCUT2D eigenvalue weighted by Gasteiger charge is 2.31. The van der Waals surface area contributed by atoms with E-state index in [4.69, 9.17) is 4.74 Å². The number of rotatable bonds is 2. The van der Waals surface area contributed by atoms with Crippen molar-refractivity contribution in [3.05, 3.63) is 48.9 Å². The molecule has 1 N–H and O–H groups in total. The number of carbonyl (C=O) groups is 1. The van der Waals surface area contributed by atoms with Gasteiger partial charge in [-0.2, -0.15) is 0 Å². The Balaban J connectivity index is 2.06. The highest BCUT2D eigenvalue weighted by atomic mass is 32.1. The molecule has 0 amide bonds. The topological polar surface area (TPSA) is 59.2 Å². The Hall–Kier alpha value is -2.14. The van der Waals surface area contributed by atoms with Crippen LogP contribution in [0.3, 0.4) is 0 Å². The van der Waals surface area contributed by atoms with Crippen LogP contribution in [0.2, 0.25) is 0 Å². The van der Waals surface area contributed by atoms with Crippen LogP contribution in [-0.4, -0.2) is 16.4 Å². The van der Waals surface area contributed by atoms with Gasteiger partial charge in [0.15, 0.2) is 5.78 Å². The Kier molecular flexibility index (Phi) is 4.23. The van der Waals surface area contributed by atoms with Gasteiger partial charge in [-0.15, -0.1) is 11.3 Å². The van der Waals surface area contributed by atoms with Gasteiger partial charge in [-0.05, 0) is 25.5 Å². The fourth-order valence-corrected chi connectivity index (χ4v) is 3.63. The Bertz CT molecular complexity index is 1000. The summed E-state index contributed by atoms with van der Waals surface area (Å²) in [5.74, 6) is 0.832. The predicted molar refractivity (Wildman–Crippen MR) is 102 cm³/mol. The van der Waals surface area contributed by atoms with E-state index in [-0.39, 0.29) is 16.9 Å². The van der Waals surface area contributed by atoms with Crippen molar-refractivity contribution in [2.45, 2.75) is 46.6 Å². The lowest BCUT2D eigenvalue weighted by atomic mass is 9.91. The summed E-state index contributed by atoms with van der Waals surface area (Å²) in [6, 6.07) is 5.98. The van der Waals surface area contributed by atoms with Gasteiger partial charge in [0, 0.05) is 23.5 Å². The van der Waals surface area contributed by atoms with Gasteiger partial charge in [0.1, 0.15) is 11.4 Å². The SMILES string of the molecule is CC1(C)Cc2cccc(/C=c3/s/c(=C/C(=O)C(C)(C)C)[nH]c3=O)c2O1. The van der Waals surface area contributed by atoms with Crippen LogP contribution in [0.4, 0.5) is 0 Å². The second-order valence-electron chi connectivity index (χ2n) is 8.06. The number of hydrogen-bond acceptors (Lipinski definition) is 4. The van der Waals surface area contributed by atoms with Crippen LogP contribution < -0.4 is 19.5 Å². The average molecular weight is 357 g/mol. The predicted octanol–water partition coefficient (Wildman–Crippen LogP) is 2.37. The van der Waals surface area contributed by atoms with Crippen LogP contribution in [0.15, 0.2) is 23.0 Å². The van der Waals surface area contributed by atoms with Crippen molar-refractivity contribution in [1.29, 1.82) is 0 Å². The summed E-state index contributed by atoms with van der Waals surface area (Å²) < 4.78 is 7.19. The van der Waals surface area contributed by atoms with Gasteiger partial charge >= 0.3 is 0 Å². The molecule has 25 heavy (non-hydrogen) atoms. The summed E-state index contributed by atoms with van der Waals surface area (Å²) in [7, 11) is 0. The number of carbonyl (C=O) groups excluding carboxylic acids is 1. The lowest BCUT2D eigenvalue weighted by Gasteiger charge is -2.17. The van der Waals surface area contributed by atoms with E-state index in [1.165, 1.54) is 17.4 Å². The molecular formula is C20H23NO3S. The maximum absolute atomic E-state index is 12.3. The molecule has 0 atom stereocenters. The molecule has 1 aliphatic heterocycles. The zero-order valence-corrected chi connectivity index (χ0v) is 16.0. The molecule has 0 radical (unpaired) electrons. The highest BCUT2D eigenvalue weighted by Crippen LogP contribution is 2.37. The first kappa shape index (κ1) is 17.7. The minimum Gasteiger partial charge on any atom is -0.487 e. The highest BCUT2D eigenvalue weighted by molar-refractivity contribution is 7.07. The largest absolute Gasteiger partial charge is 0.487 e. The minimum absolute atomic E-state index is 0.0118. The number of ether oxygens (including phenoxy) is 1. The van der Waals surface area contributed by atoms with Crippen LogP contribution in [-0.2, 0) is 11.2 Å². The molecule has 0 aliphatic carbocycles. The molecule has 1 aromatic carbocycles. The zero-order valence-electron chi connectivity index (χ0n) is 15.2. The fraction of sp³-hybridized carbons (Fsp3) is 0.400. The first-order chi connectivity index (χ1) is 11.5. The monoisotopic (exact) mass is 357 g/mol. The van der Waals surface area contributed by atoms with Crippen molar-refractivity contribution >= 4 is 29.3 Å². The number of para-hydroxylation sites is 1. The first-order valence-corrected chi connectivity index (χ1v) is 9.15. The first-order valence-electron chi connectivity index (χ1n) is 8.33. The quantitative estimate of drug-likeness (QED) is 0.898. The summed E-state index contributed by atoms with van der Waals surface area (Å²) >= 11 is 1.29. The van der Waals surface area contributed by atoms with Crippen LogP contribution in [0.1, 0.15) is 45.7 Å². The maximum atomic E-state index is 12.3. The maximum Gasteiger partial charge on any atom is 0.266 e. The number of Topliss-reactive ketones (excluding diaryl/α,β-unsaturated/α-hetero) is 1. The third-order valence-corrected chi connectivity index (χ3v) is 5.05. The number of thiazole rings is 1. The van der Waals surface area contributed by atoms with Crippen molar-refractivity contribution in [2.75, 3.05) is 0 Å². The van der Waals surface area contributed by atoms with Crippen molar-refractivity contribution in [2.24, 2.45) is 5.41 Å². The molecule has 0 spiro atoms. The third-order valence-electron chi connectivity index (χ3n) is 4.09. The molecule has 0 saturated heterocycles. The number of H-pyrrole nitrogens is 1. The number of aromatic amines is 1. The van der Waals surface area contributed by atoms with Gasteiger partial charge in [-0.3, -0.25) is 9.59 Å². The number of ketones is 1. The summed E-state index contributed by atoms with van der Waals surface area (Å²) in [5, 5.41) is 0. The summed E-state index contributed by atoms with van der Waals surface area (Å²) in [4.78, 5) is 27.2. The van der Waals surface area contributed by atoms with Crippen LogP contribution in [0.25, 0.3) is 12.2 Å². The van der Waals surface area contributed by atoms with E-state index in [1.807, 2.05) is 39.0 Å². The molecule has 5 heteroatoms. The lowest BCUT2D eigenvalue weighted by molar-refractivity contribution is -0.119. The average Bonchev–Trinajstić information content (AvgIpc) is 2.97. The summed E-state index contributed by atoms with van der Waals surface area (Å²) in [5.41, 5.74) is 1.16. The van der Waals surface area contributed by atoms with E-state index < -0.39 is 5.41 Å². The lowest BCUT2D eigenvalue weighted by Crippen LogP contribution is -2.25. The van der Waals surface area contributed by atoms with Crippen LogP contribution >= 0.6 is 11.3 Å². The molecule has 0 saturated carbocycles. The van der Waals surface area contributed by atoms with E-state index in [0.29, 0.717) is 9.20 Å². The van der Waals surface area contributed by atoms with Gasteiger partial charge < -0.3 is 9.72 Å². The summed E-state index contributed by atoms with van der Waals surface area (Å²) in [6.45, 7) is 9.69. The molecule has 2 aromatic rings. The second kappa shape index (κ2) is 5.99. The van der Waals surface area contributed by atoms with Gasteiger partial charge in [0.25, 0.3) is 5.56 Å². The number of aromatic nitrogens is 1. The van der Waals surface area contributed by atoms with Gasteiger partial charge in [0.2, 0.25) is 0 Å². The van der Waals surface area contributed by atoms with E-state index in [0.717, 1.165) is 23.3 Å². The van der Waals surface area contributed by atoms with Gasteiger partial charge in [-0.1, -0.05) is 39.0 Å². The molecule has 132 valence electrons. The van der Waals surface area contributed by atoms with E-state index in [2.05, 4.69) is 24.9 Å². The molecule has 3 rings (SSSR count). The molecule has 0 bridgehead atoms. The normalized spacial score (nSPS) is 17.5. The van der Waals surface area contributed by atoms with Gasteiger partial charge in [-0.25, -0.2) is 0 Å². The number of fused-ring (bicyclic) bond motifs is 1. The molecule has 0 fully saturated rings. The van der Waals surface area contributed by atoms with E-state index in [9.17, 15) is 9.59 Å². The molecule has 0 unspecified atom stereocenters. The van der Waals surface area contributed by atoms with Crippen LogP contribution in [0, 0.1) is 5.41 Å². The van der Waals surface area contributed by atoms with Crippen molar-refractivity contribution in [3.8, 4) is 5.75 Å². The van der Waals surface area contributed by atoms with Crippen molar-refractivity contribution in [3.63, 3.8) is 0 Å². The Morgan fingerprint density at radius 1 is 1.32 bits per heavy atom. The Morgan fingerprint density at radius 2 is 2.04 bits per heavy atom. The number of hydrogen-bond donors (Lipinski definition) is 1. The Morgan fingerprint density at radius 3 is 2.72 bits per heavy atom. The zero-order chi connectivity index (χ0) is 18.4. The third kappa shape index (κ3) is 3.76. The van der Waals surface area contributed by atoms with Crippen molar-refractivity contribution < 1.29 is 9.53 Å². The number of benzene rings is 1. The van der Waals surface area contributed by atoms with Crippen molar-refractivity contribution in [1.82, 2.24) is 4.98 Å². The molecule has 2 heterocycles. The standard InChI is InChI=1S/C20H23NO3S/c1-19(2,3)15(22)10-16-21-18(23)14(25-16)9-12-7-6-8-13-11-20(4,5)24-17(12)13/h6-10H,11H2,1-5H3,(H,21,23)/b14-9+,16-10+. The number of nitrogens with one attached hydrogen (secondary N) is 1. The van der Waals surface area contributed by atoms with Crippen LogP contribution in [0.5, 0.6) is 5.75 Å². The second-order valence-corrected chi connectivity index (χ2v) is 9.15. The van der Waals surface area contributed by atoms with E-state index in [1.54, 1.807) is 0 Å². The van der Waals surface area contributed by atoms with E-state index >= 15 is 0 Å². The molecule has 1 aromatic heterocycles. The molecular weight excluding hydrogens is 334 g/mol. The molecule has 1 aliphatic rings. The smallest absolute Gasteiger partial charge is 0.266 e. The Labute approximate surface area is 150 Å². The summed E-state index contributed by atoms with van der Waals surface area (Å²) in [6.07, 6.45) is 4.20.